The van der Waals surface area contributed by atoms with Crippen LogP contribution in [0.5, 0.6) is 0 Å². The summed E-state index contributed by atoms with van der Waals surface area (Å²) < 4.78 is 13.2. The molecule has 0 aliphatic rings. The Bertz CT molecular complexity index is 573. The van der Waals surface area contributed by atoms with E-state index < -0.39 is 0 Å². The fourth-order valence-electron chi connectivity index (χ4n) is 1.63. The fraction of sp³-hybridized carbons (Fsp3) is 0.231. The van der Waals surface area contributed by atoms with Crippen LogP contribution in [0, 0.1) is 5.82 Å². The van der Waals surface area contributed by atoms with Gasteiger partial charge in [-0.3, -0.25) is 0 Å². The Morgan fingerprint density at radius 1 is 1.17 bits per heavy atom. The van der Waals surface area contributed by atoms with Gasteiger partial charge in [0.25, 0.3) is 0 Å². The largest absolute Gasteiger partial charge is 0.233 e. The molecule has 94 valence electrons. The zero-order valence-electron chi connectivity index (χ0n) is 9.75. The van der Waals surface area contributed by atoms with E-state index >= 15 is 0 Å². The maximum atomic E-state index is 13.2. The summed E-state index contributed by atoms with van der Waals surface area (Å²) in [7, 11) is 0. The van der Waals surface area contributed by atoms with Crippen LogP contribution in [-0.2, 0) is 6.42 Å². The third kappa shape index (κ3) is 2.98. The van der Waals surface area contributed by atoms with Crippen LogP contribution in [-0.4, -0.2) is 9.97 Å². The van der Waals surface area contributed by atoms with E-state index in [4.69, 9.17) is 23.2 Å². The maximum absolute atomic E-state index is 13.2. The first-order chi connectivity index (χ1) is 8.60. The number of nitrogens with zero attached hydrogens (tertiary/aromatic N) is 2. The first-order valence-corrected chi connectivity index (χ1v) is 6.34. The van der Waals surface area contributed by atoms with E-state index in [0.717, 1.165) is 12.8 Å². The van der Waals surface area contributed by atoms with Crippen LogP contribution in [0.25, 0.3) is 11.3 Å². The van der Waals surface area contributed by atoms with Crippen molar-refractivity contribution in [1.82, 2.24) is 9.97 Å². The minimum absolute atomic E-state index is 0.337. The van der Waals surface area contributed by atoms with E-state index in [-0.39, 0.29) is 5.82 Å². The Balaban J connectivity index is 2.52. The Labute approximate surface area is 115 Å². The van der Waals surface area contributed by atoms with Crippen LogP contribution in [0.3, 0.4) is 0 Å². The molecule has 0 bridgehead atoms. The molecule has 18 heavy (non-hydrogen) atoms. The van der Waals surface area contributed by atoms with Gasteiger partial charge in [-0.05, 0) is 24.6 Å². The lowest BCUT2D eigenvalue weighted by Crippen LogP contribution is -1.97. The van der Waals surface area contributed by atoms with Crippen LogP contribution >= 0.6 is 23.2 Å². The first-order valence-electron chi connectivity index (χ1n) is 5.59. The molecule has 0 saturated heterocycles. The van der Waals surface area contributed by atoms with Gasteiger partial charge in [-0.2, -0.15) is 0 Å². The molecule has 0 amide bonds. The van der Waals surface area contributed by atoms with Crippen molar-refractivity contribution in [3.05, 3.63) is 46.1 Å². The average Bonchev–Trinajstić information content (AvgIpc) is 2.32. The summed E-state index contributed by atoms with van der Waals surface area (Å²) in [6, 6.07) is 5.74. The molecule has 0 aliphatic heterocycles. The van der Waals surface area contributed by atoms with Crippen molar-refractivity contribution in [1.29, 1.82) is 0 Å². The number of halogens is 3. The highest BCUT2D eigenvalue weighted by molar-refractivity contribution is 6.33. The lowest BCUT2D eigenvalue weighted by atomic mass is 10.1. The van der Waals surface area contributed by atoms with Gasteiger partial charge in [0, 0.05) is 18.1 Å². The minimum Gasteiger partial charge on any atom is -0.233 e. The number of aromatic nitrogens is 2. The maximum Gasteiger partial charge on any atom is 0.133 e. The molecule has 2 aromatic rings. The zero-order valence-corrected chi connectivity index (χ0v) is 11.3. The van der Waals surface area contributed by atoms with Gasteiger partial charge < -0.3 is 0 Å². The van der Waals surface area contributed by atoms with Crippen LogP contribution in [0.1, 0.15) is 19.2 Å². The second-order valence-electron chi connectivity index (χ2n) is 3.87. The third-order valence-corrected chi connectivity index (χ3v) is 2.94. The lowest BCUT2D eigenvalue weighted by Gasteiger charge is -2.06. The molecule has 1 aromatic carbocycles. The van der Waals surface area contributed by atoms with E-state index in [1.807, 2.05) is 6.92 Å². The van der Waals surface area contributed by atoms with Crippen molar-refractivity contribution in [2.75, 3.05) is 0 Å². The molecule has 0 spiro atoms. The van der Waals surface area contributed by atoms with Crippen molar-refractivity contribution < 1.29 is 4.39 Å². The number of rotatable bonds is 3. The first kappa shape index (κ1) is 13.2. The van der Waals surface area contributed by atoms with Crippen molar-refractivity contribution >= 4 is 23.2 Å². The highest BCUT2D eigenvalue weighted by atomic mass is 35.5. The van der Waals surface area contributed by atoms with E-state index in [9.17, 15) is 4.39 Å². The summed E-state index contributed by atoms with van der Waals surface area (Å²) >= 11 is 12.0. The average molecular weight is 285 g/mol. The molecule has 1 aromatic heterocycles. The highest BCUT2D eigenvalue weighted by Gasteiger charge is 2.09. The predicted molar refractivity (Wildman–Crippen MR) is 71.4 cm³/mol. The molecule has 0 fully saturated rings. The lowest BCUT2D eigenvalue weighted by molar-refractivity contribution is 0.628. The monoisotopic (exact) mass is 284 g/mol. The molecule has 1 heterocycles. The number of hydrogen-bond donors (Lipinski definition) is 0. The molecule has 0 aliphatic carbocycles. The molecule has 2 nitrogen and oxygen atoms in total. The SMILES string of the molecule is CCCc1nc(Cl)cc(-c2cc(F)ccc2Cl)n1. The minimum atomic E-state index is -0.360. The van der Waals surface area contributed by atoms with Crippen molar-refractivity contribution in [2.24, 2.45) is 0 Å². The van der Waals surface area contributed by atoms with Gasteiger partial charge in [0.15, 0.2) is 0 Å². The summed E-state index contributed by atoms with van der Waals surface area (Å²) in [4.78, 5) is 8.47. The summed E-state index contributed by atoms with van der Waals surface area (Å²) in [5.41, 5.74) is 1.07. The standard InChI is InChI=1S/C13H11Cl2FN2/c1-2-3-13-17-11(7-12(15)18-13)9-6-8(16)4-5-10(9)14/h4-7H,2-3H2,1H3. The van der Waals surface area contributed by atoms with E-state index in [1.165, 1.54) is 18.2 Å². The summed E-state index contributed by atoms with van der Waals surface area (Å²) in [5.74, 6) is 0.279. The van der Waals surface area contributed by atoms with Gasteiger partial charge in [0.05, 0.1) is 10.7 Å². The normalized spacial score (nSPS) is 10.7. The molecular formula is C13H11Cl2FN2. The van der Waals surface area contributed by atoms with Gasteiger partial charge in [-0.25, -0.2) is 14.4 Å². The van der Waals surface area contributed by atoms with E-state index in [1.54, 1.807) is 6.07 Å². The van der Waals surface area contributed by atoms with Crippen LogP contribution < -0.4 is 0 Å². The Morgan fingerprint density at radius 3 is 2.67 bits per heavy atom. The quantitative estimate of drug-likeness (QED) is 0.773. The fourth-order valence-corrected chi connectivity index (χ4v) is 2.05. The van der Waals surface area contributed by atoms with Gasteiger partial charge >= 0.3 is 0 Å². The summed E-state index contributed by atoms with van der Waals surface area (Å²) in [6.07, 6.45) is 1.64. The van der Waals surface area contributed by atoms with Crippen LogP contribution in [0.2, 0.25) is 10.2 Å². The van der Waals surface area contributed by atoms with Gasteiger partial charge in [0.1, 0.15) is 16.8 Å². The summed E-state index contributed by atoms with van der Waals surface area (Å²) in [6.45, 7) is 2.03. The van der Waals surface area contributed by atoms with E-state index in [2.05, 4.69) is 9.97 Å². The number of benzene rings is 1. The Morgan fingerprint density at radius 2 is 1.94 bits per heavy atom. The molecule has 5 heteroatoms. The molecular weight excluding hydrogens is 274 g/mol. The number of hydrogen-bond acceptors (Lipinski definition) is 2. The molecule has 0 radical (unpaired) electrons. The zero-order chi connectivity index (χ0) is 13.1. The Kier molecular flexibility index (Phi) is 4.15. The summed E-state index contributed by atoms with van der Waals surface area (Å²) in [5, 5.41) is 0.775. The second-order valence-corrected chi connectivity index (χ2v) is 4.66. The van der Waals surface area contributed by atoms with Gasteiger partial charge in [0.2, 0.25) is 0 Å². The Hall–Kier alpha value is -1.19. The van der Waals surface area contributed by atoms with Crippen LogP contribution in [0.15, 0.2) is 24.3 Å². The predicted octanol–water partition coefficient (Wildman–Crippen LogP) is 4.54. The molecule has 2 rings (SSSR count). The van der Waals surface area contributed by atoms with Crippen molar-refractivity contribution in [2.45, 2.75) is 19.8 Å². The number of aryl methyl sites for hydroxylation is 1. The molecule has 0 unspecified atom stereocenters. The highest BCUT2D eigenvalue weighted by Crippen LogP contribution is 2.28. The second kappa shape index (κ2) is 5.63. The third-order valence-electron chi connectivity index (χ3n) is 2.42. The molecule has 0 atom stereocenters. The molecule has 0 saturated carbocycles. The van der Waals surface area contributed by atoms with Crippen LogP contribution in [0.4, 0.5) is 4.39 Å². The topological polar surface area (TPSA) is 25.8 Å². The van der Waals surface area contributed by atoms with Crippen molar-refractivity contribution in [3.8, 4) is 11.3 Å². The smallest absolute Gasteiger partial charge is 0.133 e. The van der Waals surface area contributed by atoms with E-state index in [0.29, 0.717) is 27.3 Å². The van der Waals surface area contributed by atoms with Crippen molar-refractivity contribution in [3.63, 3.8) is 0 Å². The van der Waals surface area contributed by atoms with Gasteiger partial charge in [-0.1, -0.05) is 30.1 Å². The molecule has 0 N–H and O–H groups in total. The van der Waals surface area contributed by atoms with Gasteiger partial charge in [-0.15, -0.1) is 0 Å².